The Kier molecular flexibility index (Phi) is 10.1. The third-order valence-electron chi connectivity index (χ3n) is 4.35. The predicted molar refractivity (Wildman–Crippen MR) is 109 cm³/mol. The second kappa shape index (κ2) is 12.0. The van der Waals surface area contributed by atoms with Gasteiger partial charge < -0.3 is 19.7 Å². The first-order chi connectivity index (χ1) is 14.7. The van der Waals surface area contributed by atoms with Crippen molar-refractivity contribution in [3.8, 4) is 0 Å². The fourth-order valence-electron chi connectivity index (χ4n) is 2.83. The van der Waals surface area contributed by atoms with Gasteiger partial charge in [-0.05, 0) is 18.2 Å². The summed E-state index contributed by atoms with van der Waals surface area (Å²) in [5.74, 6) is -0.242. The van der Waals surface area contributed by atoms with E-state index in [9.17, 15) is 27.6 Å². The minimum absolute atomic E-state index is 0.0198. The number of benzene rings is 1. The van der Waals surface area contributed by atoms with Gasteiger partial charge in [-0.2, -0.15) is 13.2 Å². The molecule has 1 atom stereocenters. The van der Waals surface area contributed by atoms with E-state index in [2.05, 4.69) is 5.32 Å². The highest BCUT2D eigenvalue weighted by Gasteiger charge is 2.38. The first-order valence-electron chi connectivity index (χ1n) is 9.89. The van der Waals surface area contributed by atoms with Crippen LogP contribution in [0.25, 0.3) is 0 Å². The van der Waals surface area contributed by atoms with Gasteiger partial charge in [-0.1, -0.05) is 20.8 Å². The molecular weight excluding hydrogens is 419 g/mol. The normalized spacial score (nSPS) is 14.2. The third kappa shape index (κ3) is 7.34. The number of anilines is 2. The summed E-state index contributed by atoms with van der Waals surface area (Å²) in [4.78, 5) is 36.2. The molecule has 1 aliphatic rings. The molecule has 2 amide bonds. The Morgan fingerprint density at radius 3 is 2.58 bits per heavy atom. The Morgan fingerprint density at radius 1 is 1.39 bits per heavy atom. The number of hydrogen-bond acceptors (Lipinski definition) is 6. The van der Waals surface area contributed by atoms with Crippen molar-refractivity contribution in [3.05, 3.63) is 23.8 Å². The molecule has 11 heteroatoms. The Bertz CT molecular complexity index is 758. The quantitative estimate of drug-likeness (QED) is 0.585. The number of likely N-dealkylation sites (N-methyl/N-ethyl adjacent to an activating group) is 1. The number of ether oxygens (including phenoxy) is 2. The summed E-state index contributed by atoms with van der Waals surface area (Å²) in [6.45, 7) is 6.01. The molecule has 1 heterocycles. The van der Waals surface area contributed by atoms with Crippen molar-refractivity contribution >= 4 is 29.8 Å². The number of carbonyl (C=O) groups is 3. The van der Waals surface area contributed by atoms with Crippen LogP contribution in [-0.2, 0) is 25.2 Å². The average molecular weight is 447 g/mol. The van der Waals surface area contributed by atoms with E-state index in [0.29, 0.717) is 0 Å². The highest BCUT2D eigenvalue weighted by molar-refractivity contribution is 5.90. The highest BCUT2D eigenvalue weighted by atomic mass is 19.4. The maximum Gasteiger partial charge on any atom is 0.418 e. The summed E-state index contributed by atoms with van der Waals surface area (Å²) >= 11 is 0. The number of cyclic esters (lactones) is 1. The number of alkyl halides is 3. The Hall–Kier alpha value is -2.98. The Balaban J connectivity index is 0.00000233. The van der Waals surface area contributed by atoms with Crippen molar-refractivity contribution in [2.24, 2.45) is 0 Å². The van der Waals surface area contributed by atoms with E-state index in [1.807, 2.05) is 13.8 Å². The fraction of sp³-hybridized carbons (Fsp3) is 0.550. The summed E-state index contributed by atoms with van der Waals surface area (Å²) in [5, 5.41) is 2.57. The van der Waals surface area contributed by atoms with Crippen LogP contribution in [0, 0.1) is 0 Å². The van der Waals surface area contributed by atoms with Crippen LogP contribution in [0.1, 0.15) is 32.8 Å². The lowest BCUT2D eigenvalue weighted by Gasteiger charge is -2.27. The number of hydrogen-bond donors (Lipinski definition) is 1. The van der Waals surface area contributed by atoms with E-state index in [1.54, 1.807) is 6.92 Å². The van der Waals surface area contributed by atoms with E-state index >= 15 is 0 Å². The van der Waals surface area contributed by atoms with Gasteiger partial charge in [-0.15, -0.1) is 0 Å². The van der Waals surface area contributed by atoms with E-state index in [1.165, 1.54) is 24.1 Å². The Morgan fingerprint density at radius 2 is 2.06 bits per heavy atom. The minimum atomic E-state index is -4.69. The van der Waals surface area contributed by atoms with Crippen molar-refractivity contribution in [3.63, 3.8) is 0 Å². The van der Waals surface area contributed by atoms with Gasteiger partial charge in [0.2, 0.25) is 5.91 Å². The minimum Gasteiger partial charge on any atom is -0.461 e. The van der Waals surface area contributed by atoms with Gasteiger partial charge in [-0.25, -0.2) is 4.79 Å². The molecule has 2 rings (SSSR count). The lowest BCUT2D eigenvalue weighted by molar-refractivity contribution is -0.137. The van der Waals surface area contributed by atoms with Crippen LogP contribution in [0.3, 0.4) is 0 Å². The molecule has 0 aromatic heterocycles. The summed E-state index contributed by atoms with van der Waals surface area (Å²) in [7, 11) is 1.53. The highest BCUT2D eigenvalue weighted by Crippen LogP contribution is 2.39. The molecule has 1 aliphatic heterocycles. The molecule has 0 aliphatic carbocycles. The van der Waals surface area contributed by atoms with E-state index < -0.39 is 23.9 Å². The molecule has 0 saturated carbocycles. The van der Waals surface area contributed by atoms with Crippen molar-refractivity contribution in [2.45, 2.75) is 39.5 Å². The molecule has 0 bridgehead atoms. The van der Waals surface area contributed by atoms with E-state index in [4.69, 9.17) is 9.47 Å². The number of amides is 2. The summed E-state index contributed by atoms with van der Waals surface area (Å²) in [5.41, 5.74) is -1.06. The topological polar surface area (TPSA) is 88.2 Å². The van der Waals surface area contributed by atoms with Crippen LogP contribution in [-0.4, -0.2) is 57.9 Å². The van der Waals surface area contributed by atoms with Crippen molar-refractivity contribution < 1.29 is 37.0 Å². The summed E-state index contributed by atoms with van der Waals surface area (Å²) in [6, 6.07) is 3.55. The number of nitrogens with zero attached hydrogens (tertiary/aromatic N) is 2. The summed E-state index contributed by atoms with van der Waals surface area (Å²) in [6.07, 6.45) is -6.03. The SMILES string of the molecule is CC.CCC(=O)NCC(CN(C)c1ccc(N2CCOC2=O)c(C(F)(F)F)c1)OC=O. The molecule has 31 heavy (non-hydrogen) atoms. The van der Waals surface area contributed by atoms with Gasteiger partial charge in [-0.3, -0.25) is 14.5 Å². The average Bonchev–Trinajstić information content (AvgIpc) is 3.17. The van der Waals surface area contributed by atoms with Crippen LogP contribution in [0.2, 0.25) is 0 Å². The maximum atomic E-state index is 13.6. The van der Waals surface area contributed by atoms with Gasteiger partial charge in [0.15, 0.2) is 0 Å². The van der Waals surface area contributed by atoms with Crippen LogP contribution in [0.15, 0.2) is 18.2 Å². The number of carbonyl (C=O) groups excluding carboxylic acids is 3. The molecule has 174 valence electrons. The molecule has 1 aromatic rings. The second-order valence-corrected chi connectivity index (χ2v) is 6.36. The molecule has 1 unspecified atom stereocenters. The molecule has 1 saturated heterocycles. The molecule has 0 radical (unpaired) electrons. The largest absolute Gasteiger partial charge is 0.461 e. The molecule has 1 fully saturated rings. The zero-order chi connectivity index (χ0) is 23.6. The molecule has 8 nitrogen and oxygen atoms in total. The van der Waals surface area contributed by atoms with Gasteiger partial charge in [0, 0.05) is 19.2 Å². The number of nitrogens with one attached hydrogen (secondary N) is 1. The molecule has 1 N–H and O–H groups in total. The van der Waals surface area contributed by atoms with E-state index in [0.717, 1.165) is 11.0 Å². The van der Waals surface area contributed by atoms with Gasteiger partial charge >= 0.3 is 12.3 Å². The smallest absolute Gasteiger partial charge is 0.418 e. The second-order valence-electron chi connectivity index (χ2n) is 6.36. The van der Waals surface area contributed by atoms with Gasteiger partial charge in [0.1, 0.15) is 12.7 Å². The monoisotopic (exact) mass is 447 g/mol. The first kappa shape index (κ1) is 26.1. The van der Waals surface area contributed by atoms with Crippen molar-refractivity contribution in [1.29, 1.82) is 0 Å². The molecule has 1 aromatic carbocycles. The zero-order valence-electron chi connectivity index (χ0n) is 18.0. The third-order valence-corrected chi connectivity index (χ3v) is 4.35. The standard InChI is InChI=1S/C18H22F3N3O5.C2H6/c1-3-16(26)22-9-13(29-11-25)10-23(2)12-4-5-15(14(8-12)18(19,20)21)24-6-7-28-17(24)27;1-2/h4-5,8,11,13H,3,6-7,9-10H2,1-2H3,(H,22,26);1-2H3. The molecule has 0 spiro atoms. The fourth-order valence-corrected chi connectivity index (χ4v) is 2.83. The molecular formula is C20H28F3N3O5. The van der Waals surface area contributed by atoms with Crippen LogP contribution in [0.5, 0.6) is 0 Å². The van der Waals surface area contributed by atoms with Crippen LogP contribution < -0.4 is 15.1 Å². The number of rotatable bonds is 9. The Labute approximate surface area is 179 Å². The lowest BCUT2D eigenvalue weighted by Crippen LogP contribution is -2.40. The number of halogens is 3. The maximum absolute atomic E-state index is 13.6. The van der Waals surface area contributed by atoms with Gasteiger partial charge in [0.05, 0.1) is 30.9 Å². The lowest BCUT2D eigenvalue weighted by atomic mass is 10.1. The van der Waals surface area contributed by atoms with Crippen LogP contribution in [0.4, 0.5) is 29.3 Å². The summed E-state index contributed by atoms with van der Waals surface area (Å²) < 4.78 is 50.4. The van der Waals surface area contributed by atoms with Crippen LogP contribution >= 0.6 is 0 Å². The zero-order valence-corrected chi connectivity index (χ0v) is 18.0. The van der Waals surface area contributed by atoms with Crippen molar-refractivity contribution in [1.82, 2.24) is 5.32 Å². The van der Waals surface area contributed by atoms with E-state index in [-0.39, 0.29) is 56.4 Å². The van der Waals surface area contributed by atoms with Gasteiger partial charge in [0.25, 0.3) is 6.47 Å². The first-order valence-corrected chi connectivity index (χ1v) is 9.89. The predicted octanol–water partition coefficient (Wildman–Crippen LogP) is 3.19. The van der Waals surface area contributed by atoms with Crippen molar-refractivity contribution in [2.75, 3.05) is 43.1 Å².